The highest BCUT2D eigenvalue weighted by Crippen LogP contribution is 2.41. The molecule has 0 atom stereocenters. The molecule has 0 bridgehead atoms. The van der Waals surface area contributed by atoms with Gasteiger partial charge in [0.25, 0.3) is 0 Å². The fourth-order valence-electron chi connectivity index (χ4n) is 2.48. The maximum Gasteiger partial charge on any atom is 0.0447 e. The Morgan fingerprint density at radius 3 is 1.58 bits per heavy atom. The molecule has 0 aliphatic rings. The fourth-order valence-corrected chi connectivity index (χ4v) is 2.48. The number of nitrogen functional groups attached to an aromatic ring is 4. The van der Waals surface area contributed by atoms with E-state index in [1.807, 2.05) is 67.5 Å². The first-order valence-corrected chi connectivity index (χ1v) is 8.56. The van der Waals surface area contributed by atoms with Crippen molar-refractivity contribution < 1.29 is 0 Å². The molecule has 134 valence electrons. The van der Waals surface area contributed by atoms with Gasteiger partial charge in [0.1, 0.15) is 0 Å². The molecule has 4 heteroatoms. The van der Waals surface area contributed by atoms with Gasteiger partial charge in [-0.25, -0.2) is 0 Å². The van der Waals surface area contributed by atoms with E-state index in [1.165, 1.54) is 0 Å². The Hall–Kier alpha value is -2.36. The van der Waals surface area contributed by atoms with E-state index in [0.717, 1.165) is 33.4 Å². The molecule has 0 heterocycles. The van der Waals surface area contributed by atoms with Crippen molar-refractivity contribution in [1.82, 2.24) is 0 Å². The summed E-state index contributed by atoms with van der Waals surface area (Å²) >= 11 is 0. The van der Waals surface area contributed by atoms with Crippen molar-refractivity contribution in [3.8, 4) is 11.1 Å². The highest BCUT2D eigenvalue weighted by Gasteiger charge is 2.17. The highest BCUT2D eigenvalue weighted by molar-refractivity contribution is 5.93. The maximum absolute atomic E-state index is 6.26. The number of benzene rings is 2. The molecule has 0 aliphatic carbocycles. The molecular weight excluding hydrogens is 296 g/mol. The number of hydrogen-bond acceptors (Lipinski definition) is 4. The molecule has 0 amide bonds. The average molecular weight is 331 g/mol. The summed E-state index contributed by atoms with van der Waals surface area (Å²) in [5, 5.41) is 0. The molecule has 0 aliphatic heterocycles. The van der Waals surface area contributed by atoms with Crippen molar-refractivity contribution in [3.05, 3.63) is 34.4 Å². The van der Waals surface area contributed by atoms with Crippen LogP contribution in [0.4, 0.5) is 22.7 Å². The second-order valence-corrected chi connectivity index (χ2v) is 5.37. The van der Waals surface area contributed by atoms with Crippen LogP contribution in [0.1, 0.15) is 49.9 Å². The van der Waals surface area contributed by atoms with E-state index in [9.17, 15) is 0 Å². The SMILES string of the molecule is CC.CC.Cc1cc(N)c(-c2cc(N)c(C)c(N)c2C)c(N)c1C. The molecule has 24 heavy (non-hydrogen) atoms. The second-order valence-electron chi connectivity index (χ2n) is 5.37. The molecular formula is C20H34N4. The number of rotatable bonds is 1. The lowest BCUT2D eigenvalue weighted by atomic mass is 9.90. The Morgan fingerprint density at radius 2 is 1.08 bits per heavy atom. The summed E-state index contributed by atoms with van der Waals surface area (Å²) in [6.07, 6.45) is 0. The van der Waals surface area contributed by atoms with E-state index >= 15 is 0 Å². The normalized spacial score (nSPS) is 9.50. The van der Waals surface area contributed by atoms with Crippen LogP contribution in [0.2, 0.25) is 0 Å². The highest BCUT2D eigenvalue weighted by atomic mass is 14.7. The van der Waals surface area contributed by atoms with Gasteiger partial charge in [0.15, 0.2) is 0 Å². The average Bonchev–Trinajstić information content (AvgIpc) is 2.59. The van der Waals surface area contributed by atoms with Gasteiger partial charge in [0.05, 0.1) is 0 Å². The molecule has 2 rings (SSSR count). The molecule has 8 N–H and O–H groups in total. The second kappa shape index (κ2) is 9.06. The molecule has 0 saturated heterocycles. The van der Waals surface area contributed by atoms with Crippen molar-refractivity contribution in [1.29, 1.82) is 0 Å². The number of hydrogen-bond donors (Lipinski definition) is 4. The van der Waals surface area contributed by atoms with Crippen molar-refractivity contribution in [2.24, 2.45) is 0 Å². The van der Waals surface area contributed by atoms with Crippen LogP contribution in [0.3, 0.4) is 0 Å². The van der Waals surface area contributed by atoms with Crippen LogP contribution in [0.15, 0.2) is 12.1 Å². The summed E-state index contributed by atoms with van der Waals surface area (Å²) in [6, 6.07) is 3.84. The molecule has 0 saturated carbocycles. The van der Waals surface area contributed by atoms with Crippen LogP contribution in [0, 0.1) is 27.7 Å². The summed E-state index contributed by atoms with van der Waals surface area (Å²) in [5.74, 6) is 0. The van der Waals surface area contributed by atoms with E-state index in [0.29, 0.717) is 22.7 Å². The van der Waals surface area contributed by atoms with Crippen LogP contribution in [-0.2, 0) is 0 Å². The van der Waals surface area contributed by atoms with Crippen LogP contribution in [0.25, 0.3) is 11.1 Å². The first-order valence-electron chi connectivity index (χ1n) is 8.56. The topological polar surface area (TPSA) is 104 Å². The van der Waals surface area contributed by atoms with E-state index in [4.69, 9.17) is 22.9 Å². The van der Waals surface area contributed by atoms with Gasteiger partial charge in [-0.1, -0.05) is 27.7 Å². The third-order valence-electron chi connectivity index (χ3n) is 4.14. The Labute approximate surface area is 147 Å². The van der Waals surface area contributed by atoms with Crippen molar-refractivity contribution >= 4 is 22.7 Å². The molecule has 0 spiro atoms. The van der Waals surface area contributed by atoms with Gasteiger partial charge in [0.2, 0.25) is 0 Å². The number of anilines is 4. The Morgan fingerprint density at radius 1 is 0.583 bits per heavy atom. The lowest BCUT2D eigenvalue weighted by Crippen LogP contribution is -2.05. The Bertz CT molecular complexity index is 704. The zero-order chi connectivity index (χ0) is 19.2. The molecule has 2 aromatic carbocycles. The monoisotopic (exact) mass is 330 g/mol. The van der Waals surface area contributed by atoms with Crippen LogP contribution >= 0.6 is 0 Å². The quantitative estimate of drug-likeness (QED) is 0.554. The summed E-state index contributed by atoms with van der Waals surface area (Å²) in [6.45, 7) is 15.9. The van der Waals surface area contributed by atoms with Crippen molar-refractivity contribution in [3.63, 3.8) is 0 Å². The van der Waals surface area contributed by atoms with E-state index in [-0.39, 0.29) is 0 Å². The third kappa shape index (κ3) is 3.94. The summed E-state index contributed by atoms with van der Waals surface area (Å²) < 4.78 is 0. The number of nitrogens with two attached hydrogens (primary N) is 4. The van der Waals surface area contributed by atoms with Gasteiger partial charge in [-0.05, 0) is 67.6 Å². The predicted molar refractivity (Wildman–Crippen MR) is 111 cm³/mol. The molecule has 0 unspecified atom stereocenters. The standard InChI is InChI=1S/C16H22N4.2C2H6/c1-7-5-13(18)14(16(20)8(7)2)11-6-12(17)10(4)15(19)9(11)3;2*1-2/h5-6H,17-20H2,1-4H3;2*1-2H3. The summed E-state index contributed by atoms with van der Waals surface area (Å²) in [7, 11) is 0. The van der Waals surface area contributed by atoms with Crippen molar-refractivity contribution in [2.45, 2.75) is 55.4 Å². The van der Waals surface area contributed by atoms with E-state index < -0.39 is 0 Å². The van der Waals surface area contributed by atoms with E-state index in [2.05, 4.69) is 0 Å². The lowest BCUT2D eigenvalue weighted by molar-refractivity contribution is 1.33. The minimum atomic E-state index is 0.649. The smallest absolute Gasteiger partial charge is 0.0447 e. The van der Waals surface area contributed by atoms with Crippen LogP contribution in [-0.4, -0.2) is 0 Å². The minimum absolute atomic E-state index is 0.649. The first kappa shape index (κ1) is 21.6. The molecule has 2 aromatic rings. The first-order chi connectivity index (χ1) is 11.3. The molecule has 0 fully saturated rings. The maximum atomic E-state index is 6.26. The predicted octanol–water partition coefficient (Wildman–Crippen LogP) is 4.97. The molecule has 0 radical (unpaired) electrons. The van der Waals surface area contributed by atoms with Gasteiger partial charge in [-0.3, -0.25) is 0 Å². The summed E-state index contributed by atoms with van der Waals surface area (Å²) in [4.78, 5) is 0. The van der Waals surface area contributed by atoms with Gasteiger partial charge in [-0.2, -0.15) is 0 Å². The van der Waals surface area contributed by atoms with Crippen LogP contribution in [0.5, 0.6) is 0 Å². The Kier molecular flexibility index (Phi) is 8.17. The van der Waals surface area contributed by atoms with Crippen LogP contribution < -0.4 is 22.9 Å². The van der Waals surface area contributed by atoms with Gasteiger partial charge in [0, 0.05) is 28.3 Å². The molecule has 0 aromatic heterocycles. The van der Waals surface area contributed by atoms with Gasteiger partial charge in [-0.15, -0.1) is 0 Å². The third-order valence-corrected chi connectivity index (χ3v) is 4.14. The zero-order valence-electron chi connectivity index (χ0n) is 16.5. The zero-order valence-corrected chi connectivity index (χ0v) is 16.5. The fraction of sp³-hybridized carbons (Fsp3) is 0.400. The van der Waals surface area contributed by atoms with Crippen molar-refractivity contribution in [2.75, 3.05) is 22.9 Å². The lowest BCUT2D eigenvalue weighted by Gasteiger charge is -2.19. The number of aryl methyl sites for hydroxylation is 1. The molecule has 4 nitrogen and oxygen atoms in total. The largest absolute Gasteiger partial charge is 0.398 e. The van der Waals surface area contributed by atoms with E-state index in [1.54, 1.807) is 0 Å². The van der Waals surface area contributed by atoms with Gasteiger partial charge < -0.3 is 22.9 Å². The van der Waals surface area contributed by atoms with Gasteiger partial charge >= 0.3 is 0 Å². The Balaban J connectivity index is 0.00000123. The summed E-state index contributed by atoms with van der Waals surface area (Å²) in [5.41, 5.74) is 33.0. The minimum Gasteiger partial charge on any atom is -0.398 e.